The van der Waals surface area contributed by atoms with Crippen molar-refractivity contribution < 1.29 is 57.3 Å². The largest absolute Gasteiger partial charge is 0.510 e. The van der Waals surface area contributed by atoms with E-state index in [9.17, 15) is 28.8 Å². The smallest absolute Gasteiger partial charge is 0.457 e. The molecule has 0 aliphatic carbocycles. The van der Waals surface area contributed by atoms with Crippen molar-refractivity contribution in [1.82, 2.24) is 20.2 Å². The number of anilines is 1. The fraction of sp³-hybridized carbons (Fsp3) is 0.706. The minimum absolute atomic E-state index is 0.0522. The van der Waals surface area contributed by atoms with E-state index in [1.54, 1.807) is 66.9 Å². The van der Waals surface area contributed by atoms with Crippen molar-refractivity contribution in [3.63, 3.8) is 0 Å². The summed E-state index contributed by atoms with van der Waals surface area (Å²) in [6.45, 7) is 25.4. The van der Waals surface area contributed by atoms with Gasteiger partial charge in [-0.2, -0.15) is 0 Å². The van der Waals surface area contributed by atoms with Gasteiger partial charge < -0.3 is 38.4 Å². The molecule has 0 saturated carbocycles. The standard InChI is InChI=1S/C34H56N6O12SSi/c1-19(35-28(44)51-32(5,6)7)49-30(46)47-16-21-24(26(43)40(21)54(14,15)34(11,12)13)37-25(42)23(39-48-17-22(41)50-31(2,3)4)20-18-53-27(36-20)38-29(45)52-33(8,9)10/h18-19,21,24H,16-17H2,1-15H3,(H,35,44)(H,37,42)(H,36,38,45)/b39-23-/t19?,21-,24+/m0/s1. The number of carbonyl (C=O) groups is 6. The van der Waals surface area contributed by atoms with Gasteiger partial charge in [0, 0.05) is 5.38 Å². The molecule has 0 bridgehead atoms. The number of alkyl carbamates (subject to hydrolysis) is 1. The summed E-state index contributed by atoms with van der Waals surface area (Å²) in [4.78, 5) is 86.6. The van der Waals surface area contributed by atoms with E-state index < -0.39 is 91.8 Å². The van der Waals surface area contributed by atoms with E-state index >= 15 is 0 Å². The van der Waals surface area contributed by atoms with Crippen molar-refractivity contribution in [1.29, 1.82) is 0 Å². The van der Waals surface area contributed by atoms with Crippen molar-refractivity contribution in [2.24, 2.45) is 5.16 Å². The number of aromatic nitrogens is 1. The predicted molar refractivity (Wildman–Crippen MR) is 201 cm³/mol. The zero-order valence-electron chi connectivity index (χ0n) is 33.9. The molecule has 1 aromatic heterocycles. The number of esters is 1. The highest BCUT2D eigenvalue weighted by atomic mass is 32.1. The molecule has 0 radical (unpaired) electrons. The maximum absolute atomic E-state index is 13.9. The lowest BCUT2D eigenvalue weighted by atomic mass is 9.99. The Kier molecular flexibility index (Phi) is 14.7. The summed E-state index contributed by atoms with van der Waals surface area (Å²) < 4.78 is 27.9. The van der Waals surface area contributed by atoms with Crippen LogP contribution in [0.2, 0.25) is 18.1 Å². The van der Waals surface area contributed by atoms with E-state index in [4.69, 9.17) is 28.5 Å². The fourth-order valence-electron chi connectivity index (χ4n) is 4.53. The molecule has 20 heteroatoms. The zero-order valence-corrected chi connectivity index (χ0v) is 35.7. The van der Waals surface area contributed by atoms with Crippen LogP contribution in [0.3, 0.4) is 0 Å². The summed E-state index contributed by atoms with van der Waals surface area (Å²) in [6.07, 6.45) is -3.84. The van der Waals surface area contributed by atoms with Gasteiger partial charge >= 0.3 is 24.3 Å². The molecule has 1 aliphatic heterocycles. The second-order valence-electron chi connectivity index (χ2n) is 17.0. The first-order valence-electron chi connectivity index (χ1n) is 17.2. The molecular weight excluding hydrogens is 745 g/mol. The maximum Gasteiger partial charge on any atom is 0.510 e. The van der Waals surface area contributed by atoms with E-state index in [0.29, 0.717) is 0 Å². The topological polar surface area (TPSA) is 222 Å². The summed E-state index contributed by atoms with van der Waals surface area (Å²) in [7, 11) is -2.61. The number of hydrogen-bond donors (Lipinski definition) is 3. The molecule has 2 heterocycles. The predicted octanol–water partition coefficient (Wildman–Crippen LogP) is 5.28. The van der Waals surface area contributed by atoms with Crippen LogP contribution in [0, 0.1) is 0 Å². The van der Waals surface area contributed by atoms with Crippen molar-refractivity contribution in [2.45, 2.75) is 143 Å². The molecular formula is C34H56N6O12SSi. The first-order valence-corrected chi connectivity index (χ1v) is 21.1. The highest BCUT2D eigenvalue weighted by Gasteiger charge is 2.58. The van der Waals surface area contributed by atoms with Crippen molar-refractivity contribution in [3.05, 3.63) is 11.1 Å². The Balaban J connectivity index is 2.35. The van der Waals surface area contributed by atoms with Gasteiger partial charge in [0.1, 0.15) is 35.1 Å². The van der Waals surface area contributed by atoms with Crippen molar-refractivity contribution >= 4 is 66.5 Å². The molecule has 3 N–H and O–H groups in total. The highest BCUT2D eigenvalue weighted by molar-refractivity contribution is 7.14. The van der Waals surface area contributed by atoms with Crippen LogP contribution in [0.25, 0.3) is 0 Å². The molecule has 4 amide bonds. The number of amides is 4. The van der Waals surface area contributed by atoms with Crippen LogP contribution in [0.4, 0.5) is 19.5 Å². The van der Waals surface area contributed by atoms with Crippen LogP contribution < -0.4 is 16.0 Å². The Hall–Kier alpha value is -4.46. The normalized spacial score (nSPS) is 17.4. The number of nitrogens with one attached hydrogen (secondary N) is 3. The van der Waals surface area contributed by atoms with Gasteiger partial charge in [0.05, 0.1) is 6.04 Å². The third kappa shape index (κ3) is 14.1. The first-order chi connectivity index (χ1) is 24.4. The van der Waals surface area contributed by atoms with Crippen LogP contribution in [-0.4, -0.2) is 108 Å². The molecule has 1 aliphatic rings. The Labute approximate surface area is 321 Å². The summed E-state index contributed by atoms with van der Waals surface area (Å²) in [5, 5.41) is 12.5. The molecule has 3 atom stereocenters. The van der Waals surface area contributed by atoms with E-state index in [2.05, 4.69) is 26.1 Å². The van der Waals surface area contributed by atoms with E-state index in [-0.39, 0.29) is 22.5 Å². The Bertz CT molecular complexity index is 1590. The summed E-state index contributed by atoms with van der Waals surface area (Å²) in [6, 6.07) is -2.02. The van der Waals surface area contributed by atoms with Gasteiger partial charge in [-0.3, -0.25) is 20.2 Å². The molecule has 18 nitrogen and oxygen atoms in total. The van der Waals surface area contributed by atoms with E-state index in [0.717, 1.165) is 11.3 Å². The van der Waals surface area contributed by atoms with Crippen LogP contribution in [0.15, 0.2) is 10.5 Å². The second-order valence-corrected chi connectivity index (χ2v) is 22.9. The van der Waals surface area contributed by atoms with Crippen LogP contribution in [-0.2, 0) is 42.9 Å². The highest BCUT2D eigenvalue weighted by Crippen LogP contribution is 2.43. The zero-order chi connectivity index (χ0) is 41.6. The third-order valence-electron chi connectivity index (χ3n) is 7.64. The fourth-order valence-corrected chi connectivity index (χ4v) is 7.67. The van der Waals surface area contributed by atoms with Gasteiger partial charge in [0.25, 0.3) is 5.91 Å². The first kappa shape index (κ1) is 45.7. The lowest BCUT2D eigenvalue weighted by Crippen LogP contribution is -2.80. The molecule has 2 rings (SSSR count). The molecule has 54 heavy (non-hydrogen) atoms. The third-order valence-corrected chi connectivity index (χ3v) is 13.8. The van der Waals surface area contributed by atoms with Gasteiger partial charge in [0.15, 0.2) is 25.3 Å². The van der Waals surface area contributed by atoms with Gasteiger partial charge in [0.2, 0.25) is 12.5 Å². The average Bonchev–Trinajstić information content (AvgIpc) is 3.39. The molecule has 1 saturated heterocycles. The summed E-state index contributed by atoms with van der Waals surface area (Å²) >= 11 is 0.959. The molecule has 1 unspecified atom stereocenters. The summed E-state index contributed by atoms with van der Waals surface area (Å²) in [5.74, 6) is -2.09. The van der Waals surface area contributed by atoms with Crippen LogP contribution in [0.1, 0.15) is 95.7 Å². The number of ether oxygens (including phenoxy) is 5. The molecule has 304 valence electrons. The number of hydrogen-bond acceptors (Lipinski definition) is 15. The molecule has 1 aromatic rings. The van der Waals surface area contributed by atoms with Crippen LogP contribution in [0.5, 0.6) is 0 Å². The number of carbonyl (C=O) groups excluding carboxylic acids is 6. The minimum Gasteiger partial charge on any atom is -0.457 e. The van der Waals surface area contributed by atoms with Gasteiger partial charge in [-0.15, -0.1) is 11.3 Å². The second kappa shape index (κ2) is 17.3. The average molecular weight is 801 g/mol. The van der Waals surface area contributed by atoms with Gasteiger partial charge in [-0.25, -0.2) is 24.2 Å². The van der Waals surface area contributed by atoms with Gasteiger partial charge in [-0.1, -0.05) is 39.0 Å². The lowest BCUT2D eigenvalue weighted by Gasteiger charge is -2.57. The number of β-lactam (4-membered cyclic amide) rings is 1. The molecule has 0 aromatic carbocycles. The summed E-state index contributed by atoms with van der Waals surface area (Å²) in [5.41, 5.74) is -2.85. The number of nitrogens with zero attached hydrogens (tertiary/aromatic N) is 3. The van der Waals surface area contributed by atoms with E-state index in [1.165, 1.54) is 12.3 Å². The van der Waals surface area contributed by atoms with Crippen LogP contribution >= 0.6 is 11.3 Å². The molecule has 1 fully saturated rings. The monoisotopic (exact) mass is 800 g/mol. The number of thiazole rings is 1. The number of oxime groups is 1. The van der Waals surface area contributed by atoms with Crippen molar-refractivity contribution in [2.75, 3.05) is 18.5 Å². The number of rotatable bonds is 12. The van der Waals surface area contributed by atoms with E-state index in [1.807, 2.05) is 33.9 Å². The Morgan fingerprint density at radius 2 is 1.46 bits per heavy atom. The Morgan fingerprint density at radius 1 is 0.907 bits per heavy atom. The minimum atomic E-state index is -2.61. The van der Waals surface area contributed by atoms with Crippen molar-refractivity contribution in [3.8, 4) is 0 Å². The van der Waals surface area contributed by atoms with Gasteiger partial charge in [-0.05, 0) is 74.3 Å². The lowest BCUT2D eigenvalue weighted by molar-refractivity contribution is -0.160. The Morgan fingerprint density at radius 3 is 2.00 bits per heavy atom. The SMILES string of the molecule is CC(NC(=O)OC(C)(C)C)OC(=O)OC[C@H]1[C@@H](NC(=O)/C(=N\OCC(=O)OC(C)(C)C)c2csc(NC(=O)OC(C)(C)C)n2)C(=O)N1[Si](C)(C)C(C)(C)C. The quantitative estimate of drug-likeness (QED) is 0.0467. The molecule has 0 spiro atoms. The maximum atomic E-state index is 13.9.